The average Bonchev–Trinajstić information content (AvgIpc) is 3.00. The van der Waals surface area contributed by atoms with Crippen LogP contribution in [0.2, 0.25) is 0 Å². The Morgan fingerprint density at radius 1 is 1.08 bits per heavy atom. The minimum Gasteiger partial charge on any atom is -0.341 e. The Morgan fingerprint density at radius 3 is 2.28 bits per heavy atom. The first kappa shape index (κ1) is 17.9. The highest BCUT2D eigenvalue weighted by atomic mass is 16.2. The van der Waals surface area contributed by atoms with Crippen LogP contribution < -0.4 is 0 Å². The maximum Gasteiger partial charge on any atom is 0.257 e. The molecular formula is C18H29N5O2. The SMILES string of the molecule is C[C@H]1C[C@H](C)CN(C(=O)CN2CCN(C(=O)c3cnn(C)c3)CC2)C1. The second kappa shape index (κ2) is 7.56. The van der Waals surface area contributed by atoms with Crippen LogP contribution in [0.5, 0.6) is 0 Å². The lowest BCUT2D eigenvalue weighted by molar-refractivity contribution is -0.135. The smallest absolute Gasteiger partial charge is 0.257 e. The molecule has 138 valence electrons. The first-order valence-electron chi connectivity index (χ1n) is 9.20. The first-order chi connectivity index (χ1) is 11.9. The van der Waals surface area contributed by atoms with Crippen molar-refractivity contribution in [2.45, 2.75) is 20.3 Å². The van der Waals surface area contributed by atoms with E-state index in [9.17, 15) is 9.59 Å². The fraction of sp³-hybridized carbons (Fsp3) is 0.722. The van der Waals surface area contributed by atoms with Crippen molar-refractivity contribution in [1.29, 1.82) is 0 Å². The molecule has 7 nitrogen and oxygen atoms in total. The monoisotopic (exact) mass is 347 g/mol. The van der Waals surface area contributed by atoms with Gasteiger partial charge in [-0.3, -0.25) is 19.2 Å². The highest BCUT2D eigenvalue weighted by Gasteiger charge is 2.28. The van der Waals surface area contributed by atoms with Gasteiger partial charge in [0.25, 0.3) is 5.91 Å². The lowest BCUT2D eigenvalue weighted by atomic mass is 9.92. The summed E-state index contributed by atoms with van der Waals surface area (Å²) in [6, 6.07) is 0. The van der Waals surface area contributed by atoms with Crippen molar-refractivity contribution in [3.05, 3.63) is 18.0 Å². The standard InChI is InChI=1S/C18H29N5O2/c1-14-8-15(2)11-23(10-14)17(24)13-21-4-6-22(7-5-21)18(25)16-9-19-20(3)12-16/h9,12,14-15H,4-8,10-11,13H2,1-3H3/t14-,15-/m0/s1. The Kier molecular flexibility index (Phi) is 5.42. The van der Waals surface area contributed by atoms with Gasteiger partial charge in [0.05, 0.1) is 18.3 Å². The number of amides is 2. The van der Waals surface area contributed by atoms with E-state index in [1.54, 1.807) is 17.1 Å². The summed E-state index contributed by atoms with van der Waals surface area (Å²) in [5.41, 5.74) is 0.628. The van der Waals surface area contributed by atoms with E-state index in [2.05, 4.69) is 23.8 Å². The molecule has 1 aromatic heterocycles. The number of rotatable bonds is 3. The van der Waals surface area contributed by atoms with Crippen LogP contribution in [0, 0.1) is 11.8 Å². The summed E-state index contributed by atoms with van der Waals surface area (Å²) in [4.78, 5) is 31.1. The summed E-state index contributed by atoms with van der Waals surface area (Å²) in [5, 5.41) is 4.06. The third-order valence-electron chi connectivity index (χ3n) is 5.19. The number of carbonyl (C=O) groups excluding carboxylic acids is 2. The van der Waals surface area contributed by atoms with E-state index in [0.717, 1.165) is 26.2 Å². The molecule has 3 rings (SSSR count). The van der Waals surface area contributed by atoms with Gasteiger partial charge < -0.3 is 9.80 Å². The molecule has 0 N–H and O–H groups in total. The third-order valence-corrected chi connectivity index (χ3v) is 5.19. The summed E-state index contributed by atoms with van der Waals surface area (Å²) in [7, 11) is 1.81. The Bertz CT molecular complexity index is 611. The molecule has 0 unspecified atom stereocenters. The maximum atomic E-state index is 12.6. The van der Waals surface area contributed by atoms with Crippen LogP contribution in [0.3, 0.4) is 0 Å². The van der Waals surface area contributed by atoms with Crippen LogP contribution in [0.25, 0.3) is 0 Å². The number of piperazine rings is 1. The van der Waals surface area contributed by atoms with Crippen LogP contribution >= 0.6 is 0 Å². The fourth-order valence-corrected chi connectivity index (χ4v) is 3.98. The largest absolute Gasteiger partial charge is 0.341 e. The number of nitrogens with zero attached hydrogens (tertiary/aromatic N) is 5. The summed E-state index contributed by atoms with van der Waals surface area (Å²) < 4.78 is 1.64. The van der Waals surface area contributed by atoms with Crippen LogP contribution in [0.15, 0.2) is 12.4 Å². The van der Waals surface area contributed by atoms with Crippen molar-refractivity contribution in [3.8, 4) is 0 Å². The minimum absolute atomic E-state index is 0.0257. The second-order valence-electron chi connectivity index (χ2n) is 7.72. The van der Waals surface area contributed by atoms with Gasteiger partial charge in [-0.05, 0) is 18.3 Å². The van der Waals surface area contributed by atoms with Crippen LogP contribution in [-0.4, -0.2) is 82.1 Å². The lowest BCUT2D eigenvalue weighted by Gasteiger charge is -2.38. The Labute approximate surface area is 149 Å². The zero-order chi connectivity index (χ0) is 18.0. The van der Waals surface area contributed by atoms with Crippen molar-refractivity contribution in [1.82, 2.24) is 24.5 Å². The molecule has 2 atom stereocenters. The molecular weight excluding hydrogens is 318 g/mol. The minimum atomic E-state index is 0.0257. The van der Waals surface area contributed by atoms with Gasteiger partial charge in [-0.25, -0.2) is 0 Å². The summed E-state index contributed by atoms with van der Waals surface area (Å²) in [6.45, 7) is 9.48. The quantitative estimate of drug-likeness (QED) is 0.807. The van der Waals surface area contributed by atoms with Crippen LogP contribution in [-0.2, 0) is 11.8 Å². The molecule has 1 aromatic rings. The fourth-order valence-electron chi connectivity index (χ4n) is 3.98. The molecule has 0 aliphatic carbocycles. The van der Waals surface area contributed by atoms with Gasteiger partial charge in [-0.2, -0.15) is 5.10 Å². The highest BCUT2D eigenvalue weighted by Crippen LogP contribution is 2.21. The van der Waals surface area contributed by atoms with E-state index in [4.69, 9.17) is 0 Å². The number of hydrogen-bond acceptors (Lipinski definition) is 4. The molecule has 25 heavy (non-hydrogen) atoms. The number of aromatic nitrogens is 2. The van der Waals surface area contributed by atoms with E-state index in [-0.39, 0.29) is 11.8 Å². The number of piperidine rings is 1. The zero-order valence-corrected chi connectivity index (χ0v) is 15.5. The number of carbonyl (C=O) groups is 2. The van der Waals surface area contributed by atoms with Gasteiger partial charge >= 0.3 is 0 Å². The predicted octanol–water partition coefficient (Wildman–Crippen LogP) is 0.682. The summed E-state index contributed by atoms with van der Waals surface area (Å²) in [6.07, 6.45) is 4.56. The molecule has 2 fully saturated rings. The van der Waals surface area contributed by atoms with Crippen molar-refractivity contribution in [2.75, 3.05) is 45.8 Å². The molecule has 7 heteroatoms. The topological polar surface area (TPSA) is 61.7 Å². The number of likely N-dealkylation sites (tertiary alicyclic amines) is 1. The molecule has 2 saturated heterocycles. The summed E-state index contributed by atoms with van der Waals surface area (Å²) in [5.74, 6) is 1.42. The predicted molar refractivity (Wildman–Crippen MR) is 95.1 cm³/mol. The molecule has 2 aliphatic rings. The van der Waals surface area contributed by atoms with Crippen molar-refractivity contribution < 1.29 is 9.59 Å². The van der Waals surface area contributed by atoms with Gasteiger partial charge in [0.1, 0.15) is 0 Å². The van der Waals surface area contributed by atoms with Gasteiger partial charge in [0.2, 0.25) is 5.91 Å². The number of aryl methyl sites for hydroxylation is 1. The molecule has 3 heterocycles. The van der Waals surface area contributed by atoms with Crippen molar-refractivity contribution in [3.63, 3.8) is 0 Å². The van der Waals surface area contributed by atoms with E-state index >= 15 is 0 Å². The van der Waals surface area contributed by atoms with Gasteiger partial charge in [0.15, 0.2) is 0 Å². The number of hydrogen-bond donors (Lipinski definition) is 0. The van der Waals surface area contributed by atoms with Gasteiger partial charge in [-0.1, -0.05) is 13.8 Å². The van der Waals surface area contributed by atoms with E-state index in [1.807, 2.05) is 16.8 Å². The molecule has 0 bridgehead atoms. The Hall–Kier alpha value is -1.89. The van der Waals surface area contributed by atoms with E-state index < -0.39 is 0 Å². The Morgan fingerprint density at radius 2 is 1.72 bits per heavy atom. The maximum absolute atomic E-state index is 12.6. The van der Waals surface area contributed by atoms with Crippen LogP contribution in [0.4, 0.5) is 0 Å². The second-order valence-corrected chi connectivity index (χ2v) is 7.72. The molecule has 2 aliphatic heterocycles. The van der Waals surface area contributed by atoms with Gasteiger partial charge in [0, 0.05) is 52.5 Å². The van der Waals surface area contributed by atoms with Gasteiger partial charge in [-0.15, -0.1) is 0 Å². The molecule has 2 amide bonds. The highest BCUT2D eigenvalue weighted by molar-refractivity contribution is 5.93. The third kappa shape index (κ3) is 4.39. The molecule has 0 radical (unpaired) electrons. The lowest BCUT2D eigenvalue weighted by Crippen LogP contribution is -2.53. The normalized spacial score (nSPS) is 25.2. The molecule has 0 saturated carbocycles. The first-order valence-corrected chi connectivity index (χ1v) is 9.20. The van der Waals surface area contributed by atoms with Crippen molar-refractivity contribution in [2.24, 2.45) is 18.9 Å². The van der Waals surface area contributed by atoms with E-state index in [0.29, 0.717) is 37.0 Å². The van der Waals surface area contributed by atoms with E-state index in [1.165, 1.54) is 6.42 Å². The van der Waals surface area contributed by atoms with Crippen LogP contribution in [0.1, 0.15) is 30.6 Å². The molecule has 0 aromatic carbocycles. The van der Waals surface area contributed by atoms with Crippen molar-refractivity contribution >= 4 is 11.8 Å². The zero-order valence-electron chi connectivity index (χ0n) is 15.5. The Balaban J connectivity index is 1.47. The summed E-state index contributed by atoms with van der Waals surface area (Å²) >= 11 is 0. The average molecular weight is 347 g/mol. The molecule has 0 spiro atoms.